The molecule has 1 N–H and O–H groups in total. The third-order valence-electron chi connectivity index (χ3n) is 6.06. The molecule has 2 aromatic carbocycles. The van der Waals surface area contributed by atoms with E-state index in [0.717, 1.165) is 6.42 Å². The second-order valence-corrected chi connectivity index (χ2v) is 8.40. The summed E-state index contributed by atoms with van der Waals surface area (Å²) in [5, 5.41) is 3.33. The van der Waals surface area contributed by atoms with Gasteiger partial charge in [0.25, 0.3) is 5.91 Å². The second kappa shape index (κ2) is 6.71. The van der Waals surface area contributed by atoms with Crippen molar-refractivity contribution in [1.29, 1.82) is 0 Å². The lowest BCUT2D eigenvalue weighted by atomic mass is 9.85. The highest BCUT2D eigenvalue weighted by atomic mass is 35.5. The van der Waals surface area contributed by atoms with Crippen molar-refractivity contribution in [1.82, 2.24) is 0 Å². The molecular formula is C22H16Cl2N2O3. The Bertz CT molecular complexity index is 1050. The molecular weight excluding hydrogens is 411 g/mol. The van der Waals surface area contributed by atoms with Crippen LogP contribution in [0.4, 0.5) is 11.4 Å². The minimum Gasteiger partial charge on any atom is -0.321 e. The summed E-state index contributed by atoms with van der Waals surface area (Å²) in [6, 6.07) is 11.4. The fourth-order valence-electron chi connectivity index (χ4n) is 4.71. The summed E-state index contributed by atoms with van der Waals surface area (Å²) in [6.45, 7) is 0. The Hall–Kier alpha value is -2.63. The number of halogens is 2. The summed E-state index contributed by atoms with van der Waals surface area (Å²) in [5.74, 6) is -0.799. The maximum atomic E-state index is 12.9. The fraction of sp³-hybridized carbons (Fsp3) is 0.227. The molecule has 5 rings (SSSR count). The van der Waals surface area contributed by atoms with Gasteiger partial charge in [-0.1, -0.05) is 41.4 Å². The molecule has 0 aromatic heterocycles. The molecule has 3 aliphatic rings. The van der Waals surface area contributed by atoms with E-state index in [1.165, 1.54) is 4.90 Å². The Morgan fingerprint density at radius 1 is 0.931 bits per heavy atom. The number of anilines is 2. The van der Waals surface area contributed by atoms with Gasteiger partial charge in [-0.3, -0.25) is 19.3 Å². The Labute approximate surface area is 177 Å². The topological polar surface area (TPSA) is 66.5 Å². The number of amides is 3. The summed E-state index contributed by atoms with van der Waals surface area (Å²) in [5.41, 5.74) is 1.28. The standard InChI is InChI=1S/C22H16Cl2N2O3/c23-15-2-1-3-16(19(15)24)25-20(27)11-6-8-14(9-7-11)26-21(28)17-12-4-5-13(10-12)18(17)22(26)29/h1-9,12-13,17-18H,10H2,(H,25,27). The number of hydrogen-bond acceptors (Lipinski definition) is 3. The molecule has 1 heterocycles. The van der Waals surface area contributed by atoms with Crippen LogP contribution in [0.3, 0.4) is 0 Å². The molecule has 0 spiro atoms. The lowest BCUT2D eigenvalue weighted by Gasteiger charge is -2.17. The largest absolute Gasteiger partial charge is 0.321 e. The summed E-state index contributed by atoms with van der Waals surface area (Å²) in [7, 11) is 0. The maximum Gasteiger partial charge on any atom is 0.255 e. The van der Waals surface area contributed by atoms with Crippen LogP contribution in [0.1, 0.15) is 16.8 Å². The van der Waals surface area contributed by atoms with E-state index in [1.807, 2.05) is 0 Å². The number of allylic oxidation sites excluding steroid dienone is 2. The van der Waals surface area contributed by atoms with Gasteiger partial charge in [0.2, 0.25) is 11.8 Å². The van der Waals surface area contributed by atoms with Gasteiger partial charge in [-0.15, -0.1) is 0 Å². The number of carbonyl (C=O) groups is 3. The van der Waals surface area contributed by atoms with Crippen LogP contribution in [0.25, 0.3) is 0 Å². The predicted octanol–water partition coefficient (Wildman–Crippen LogP) is 4.56. The van der Waals surface area contributed by atoms with Gasteiger partial charge in [0, 0.05) is 5.56 Å². The first-order chi connectivity index (χ1) is 14.0. The zero-order chi connectivity index (χ0) is 20.3. The Balaban J connectivity index is 1.36. The van der Waals surface area contributed by atoms with E-state index in [9.17, 15) is 14.4 Å². The fourth-order valence-corrected chi connectivity index (χ4v) is 5.06. The quantitative estimate of drug-likeness (QED) is 0.577. The minimum absolute atomic E-state index is 0.139. The molecule has 5 nitrogen and oxygen atoms in total. The van der Waals surface area contributed by atoms with Crippen molar-refractivity contribution in [3.05, 3.63) is 70.2 Å². The number of nitrogens with one attached hydrogen (secondary N) is 1. The Morgan fingerprint density at radius 3 is 2.17 bits per heavy atom. The predicted molar refractivity (Wildman–Crippen MR) is 111 cm³/mol. The Kier molecular flexibility index (Phi) is 4.26. The molecule has 0 radical (unpaired) electrons. The number of benzene rings is 2. The number of rotatable bonds is 3. The zero-order valence-corrected chi connectivity index (χ0v) is 16.7. The monoisotopic (exact) mass is 426 g/mol. The van der Waals surface area contributed by atoms with Gasteiger partial charge >= 0.3 is 0 Å². The summed E-state index contributed by atoms with van der Waals surface area (Å²) < 4.78 is 0. The average Bonchev–Trinajstić information content (AvgIpc) is 3.39. The van der Waals surface area contributed by atoms with Crippen LogP contribution in [-0.2, 0) is 9.59 Å². The van der Waals surface area contributed by atoms with E-state index in [1.54, 1.807) is 42.5 Å². The van der Waals surface area contributed by atoms with Gasteiger partial charge < -0.3 is 5.32 Å². The molecule has 1 saturated carbocycles. The van der Waals surface area contributed by atoms with Crippen molar-refractivity contribution in [3.8, 4) is 0 Å². The zero-order valence-electron chi connectivity index (χ0n) is 15.1. The van der Waals surface area contributed by atoms with Gasteiger partial charge in [-0.05, 0) is 54.7 Å². The molecule has 3 amide bonds. The van der Waals surface area contributed by atoms with Gasteiger partial charge in [-0.2, -0.15) is 0 Å². The number of nitrogens with zero attached hydrogens (tertiary/aromatic N) is 1. The van der Waals surface area contributed by atoms with Crippen LogP contribution in [0.5, 0.6) is 0 Å². The number of hydrogen-bond donors (Lipinski definition) is 1. The van der Waals surface area contributed by atoms with Crippen LogP contribution in [-0.4, -0.2) is 17.7 Å². The van der Waals surface area contributed by atoms with E-state index in [4.69, 9.17) is 23.2 Å². The molecule has 2 fully saturated rings. The second-order valence-electron chi connectivity index (χ2n) is 7.61. The molecule has 2 bridgehead atoms. The van der Waals surface area contributed by atoms with Crippen LogP contribution in [0, 0.1) is 23.7 Å². The average molecular weight is 427 g/mol. The van der Waals surface area contributed by atoms with Gasteiger partial charge in [0.15, 0.2) is 0 Å². The SMILES string of the molecule is O=C(Nc1cccc(Cl)c1Cl)c1ccc(N2C(=O)C3C4C=CC(C4)C3C2=O)cc1. The van der Waals surface area contributed by atoms with Crippen LogP contribution in [0.2, 0.25) is 10.0 Å². The third kappa shape index (κ3) is 2.80. The minimum atomic E-state index is -0.362. The van der Waals surface area contributed by atoms with Gasteiger partial charge in [0.1, 0.15) is 0 Å². The molecule has 1 saturated heterocycles. The summed E-state index contributed by atoms with van der Waals surface area (Å²) in [4.78, 5) is 39.6. The number of fused-ring (bicyclic) bond motifs is 5. The summed E-state index contributed by atoms with van der Waals surface area (Å²) in [6.07, 6.45) is 5.02. The molecule has 2 aliphatic carbocycles. The summed E-state index contributed by atoms with van der Waals surface area (Å²) >= 11 is 12.1. The highest BCUT2D eigenvalue weighted by Gasteiger charge is 2.59. The number of carbonyl (C=O) groups excluding carboxylic acids is 3. The van der Waals surface area contributed by atoms with Crippen molar-refractivity contribution in [3.63, 3.8) is 0 Å². The van der Waals surface area contributed by atoms with Crippen LogP contribution >= 0.6 is 23.2 Å². The maximum absolute atomic E-state index is 12.9. The molecule has 29 heavy (non-hydrogen) atoms. The normalized spacial score (nSPS) is 26.9. The van der Waals surface area contributed by atoms with Gasteiger partial charge in [-0.25, -0.2) is 0 Å². The first kappa shape index (κ1) is 18.4. The molecule has 7 heteroatoms. The van der Waals surface area contributed by atoms with E-state index in [-0.39, 0.29) is 46.4 Å². The van der Waals surface area contributed by atoms with Crippen molar-refractivity contribution in [2.75, 3.05) is 10.2 Å². The van der Waals surface area contributed by atoms with Crippen LogP contribution < -0.4 is 10.2 Å². The Morgan fingerprint density at radius 2 is 1.55 bits per heavy atom. The van der Waals surface area contributed by atoms with Crippen molar-refractivity contribution in [2.45, 2.75) is 6.42 Å². The first-order valence-corrected chi connectivity index (χ1v) is 10.1. The number of imide groups is 1. The molecule has 146 valence electrons. The molecule has 4 atom stereocenters. The first-order valence-electron chi connectivity index (χ1n) is 9.37. The highest BCUT2D eigenvalue weighted by Crippen LogP contribution is 2.53. The van der Waals surface area contributed by atoms with E-state index < -0.39 is 0 Å². The van der Waals surface area contributed by atoms with Crippen molar-refractivity contribution < 1.29 is 14.4 Å². The van der Waals surface area contributed by atoms with E-state index in [2.05, 4.69) is 17.5 Å². The third-order valence-corrected chi connectivity index (χ3v) is 6.88. The van der Waals surface area contributed by atoms with Crippen molar-refractivity contribution >= 4 is 52.3 Å². The van der Waals surface area contributed by atoms with Crippen LogP contribution in [0.15, 0.2) is 54.6 Å². The van der Waals surface area contributed by atoms with Gasteiger partial charge in [0.05, 0.1) is 33.3 Å². The van der Waals surface area contributed by atoms with Crippen molar-refractivity contribution in [2.24, 2.45) is 23.7 Å². The lowest BCUT2D eigenvalue weighted by molar-refractivity contribution is -0.123. The van der Waals surface area contributed by atoms with E-state index in [0.29, 0.717) is 22.0 Å². The molecule has 4 unspecified atom stereocenters. The smallest absolute Gasteiger partial charge is 0.255 e. The van der Waals surface area contributed by atoms with E-state index >= 15 is 0 Å². The highest BCUT2D eigenvalue weighted by molar-refractivity contribution is 6.44. The molecule has 1 aliphatic heterocycles. The molecule has 2 aromatic rings. The lowest BCUT2D eigenvalue weighted by Crippen LogP contribution is -2.32.